The molecular formula is C19H19ClN2O3. The van der Waals surface area contributed by atoms with Crippen molar-refractivity contribution in [3.05, 3.63) is 58.6 Å². The molecule has 2 aromatic carbocycles. The van der Waals surface area contributed by atoms with Gasteiger partial charge in [0.25, 0.3) is 0 Å². The molecule has 1 amide bonds. The fourth-order valence-corrected chi connectivity index (χ4v) is 2.47. The Hall–Kier alpha value is -2.66. The molecule has 0 aliphatic carbocycles. The van der Waals surface area contributed by atoms with Crippen LogP contribution in [0.2, 0.25) is 5.02 Å². The molecule has 0 aromatic heterocycles. The predicted molar refractivity (Wildman–Crippen MR) is 99.6 cm³/mol. The van der Waals surface area contributed by atoms with Gasteiger partial charge in [-0.25, -0.2) is 0 Å². The van der Waals surface area contributed by atoms with Crippen molar-refractivity contribution in [3.63, 3.8) is 0 Å². The van der Waals surface area contributed by atoms with Crippen LogP contribution in [0.25, 0.3) is 0 Å². The Morgan fingerprint density at radius 1 is 1.04 bits per heavy atom. The molecule has 5 nitrogen and oxygen atoms in total. The minimum absolute atomic E-state index is 0.242. The molecule has 1 N–H and O–H groups in total. The van der Waals surface area contributed by atoms with Crippen LogP contribution >= 0.6 is 11.6 Å². The average molecular weight is 359 g/mol. The van der Waals surface area contributed by atoms with Crippen molar-refractivity contribution in [1.29, 1.82) is 0 Å². The van der Waals surface area contributed by atoms with E-state index in [2.05, 4.69) is 5.32 Å². The zero-order valence-electron chi connectivity index (χ0n) is 14.3. The first-order valence-electron chi connectivity index (χ1n) is 7.69. The third-order valence-corrected chi connectivity index (χ3v) is 3.79. The Morgan fingerprint density at radius 2 is 1.68 bits per heavy atom. The van der Waals surface area contributed by atoms with Crippen molar-refractivity contribution in [1.82, 2.24) is 0 Å². The second-order valence-electron chi connectivity index (χ2n) is 5.89. The summed E-state index contributed by atoms with van der Waals surface area (Å²) in [4.78, 5) is 37.7. The zero-order valence-corrected chi connectivity index (χ0v) is 15.1. The molecule has 130 valence electrons. The fraction of sp³-hybridized carbons (Fsp3) is 0.211. The van der Waals surface area contributed by atoms with Crippen molar-refractivity contribution in [2.45, 2.75) is 13.3 Å². The van der Waals surface area contributed by atoms with E-state index in [0.29, 0.717) is 16.3 Å². The normalized spacial score (nSPS) is 10.2. The number of benzene rings is 2. The number of carbonyl (C=O) groups is 3. The average Bonchev–Trinajstić information content (AvgIpc) is 2.55. The smallest absolute Gasteiger partial charge is 0.231 e. The van der Waals surface area contributed by atoms with Gasteiger partial charge in [-0.2, -0.15) is 0 Å². The van der Waals surface area contributed by atoms with Gasteiger partial charge in [0.1, 0.15) is 5.78 Å². The highest BCUT2D eigenvalue weighted by Crippen LogP contribution is 2.25. The van der Waals surface area contributed by atoms with Crippen molar-refractivity contribution >= 4 is 40.4 Å². The van der Waals surface area contributed by atoms with Crippen LogP contribution in [0.4, 0.5) is 11.4 Å². The van der Waals surface area contributed by atoms with Crippen LogP contribution in [0.5, 0.6) is 0 Å². The van der Waals surface area contributed by atoms with E-state index < -0.39 is 5.91 Å². The Kier molecular flexibility index (Phi) is 5.93. The van der Waals surface area contributed by atoms with E-state index >= 15 is 0 Å². The van der Waals surface area contributed by atoms with Gasteiger partial charge < -0.3 is 10.2 Å². The summed E-state index contributed by atoms with van der Waals surface area (Å²) >= 11 is 6.01. The molecular weight excluding hydrogens is 340 g/mol. The topological polar surface area (TPSA) is 66.5 Å². The van der Waals surface area contributed by atoms with E-state index in [9.17, 15) is 14.4 Å². The maximum atomic E-state index is 12.8. The summed E-state index contributed by atoms with van der Waals surface area (Å²) in [5.74, 6) is -0.976. The Bertz CT molecular complexity index is 814. The van der Waals surface area contributed by atoms with Crippen molar-refractivity contribution in [2.75, 3.05) is 24.3 Å². The third kappa shape index (κ3) is 4.90. The number of ketones is 2. The first-order valence-corrected chi connectivity index (χ1v) is 8.06. The van der Waals surface area contributed by atoms with E-state index in [1.165, 1.54) is 13.0 Å². The summed E-state index contributed by atoms with van der Waals surface area (Å²) in [5, 5.41) is 2.99. The highest BCUT2D eigenvalue weighted by molar-refractivity contribution is 6.31. The van der Waals surface area contributed by atoms with Crippen molar-refractivity contribution in [3.8, 4) is 0 Å². The van der Waals surface area contributed by atoms with E-state index in [1.807, 2.05) is 31.1 Å². The van der Waals surface area contributed by atoms with E-state index in [4.69, 9.17) is 11.6 Å². The number of hydrogen-bond acceptors (Lipinski definition) is 4. The molecule has 6 heteroatoms. The number of nitrogens with one attached hydrogen (secondary N) is 1. The molecule has 0 spiro atoms. The van der Waals surface area contributed by atoms with Crippen LogP contribution in [0.1, 0.15) is 29.3 Å². The molecule has 0 saturated heterocycles. The zero-order chi connectivity index (χ0) is 18.6. The van der Waals surface area contributed by atoms with Crippen LogP contribution in [-0.2, 0) is 9.59 Å². The highest BCUT2D eigenvalue weighted by atomic mass is 35.5. The summed E-state index contributed by atoms with van der Waals surface area (Å²) < 4.78 is 0. The van der Waals surface area contributed by atoms with Gasteiger partial charge in [-0.15, -0.1) is 0 Å². The van der Waals surface area contributed by atoms with Crippen LogP contribution in [0, 0.1) is 0 Å². The lowest BCUT2D eigenvalue weighted by Crippen LogP contribution is -2.17. The summed E-state index contributed by atoms with van der Waals surface area (Å²) in [6.07, 6.45) is -0.242. The first-order chi connectivity index (χ1) is 11.8. The van der Waals surface area contributed by atoms with Gasteiger partial charge >= 0.3 is 0 Å². The number of carbonyl (C=O) groups excluding carboxylic acids is 3. The summed E-state index contributed by atoms with van der Waals surface area (Å²) in [5.41, 5.74) is 2.06. The summed E-state index contributed by atoms with van der Waals surface area (Å²) in [6, 6.07) is 11.8. The number of rotatable bonds is 6. The van der Waals surface area contributed by atoms with Gasteiger partial charge in [0, 0.05) is 35.9 Å². The number of halogens is 1. The lowest BCUT2D eigenvalue weighted by Gasteiger charge is -2.13. The minimum atomic E-state index is -0.466. The molecule has 0 radical (unpaired) electrons. The van der Waals surface area contributed by atoms with Gasteiger partial charge in [0.15, 0.2) is 5.78 Å². The lowest BCUT2D eigenvalue weighted by molar-refractivity contribution is -0.124. The van der Waals surface area contributed by atoms with Gasteiger partial charge in [-0.3, -0.25) is 14.4 Å². The number of amides is 1. The van der Waals surface area contributed by atoms with Crippen LogP contribution in [-0.4, -0.2) is 31.6 Å². The van der Waals surface area contributed by atoms with Crippen molar-refractivity contribution < 1.29 is 14.4 Å². The number of hydrogen-bond donors (Lipinski definition) is 1. The SMILES string of the molecule is CC(=O)CC(=O)Nc1ccc(Cl)cc1C(=O)c1ccc(N(C)C)cc1. The van der Waals surface area contributed by atoms with Gasteiger partial charge in [-0.1, -0.05) is 11.6 Å². The van der Waals surface area contributed by atoms with Crippen LogP contribution < -0.4 is 10.2 Å². The second kappa shape index (κ2) is 7.94. The molecule has 0 aliphatic rings. The highest BCUT2D eigenvalue weighted by Gasteiger charge is 2.17. The molecule has 0 fully saturated rings. The molecule has 25 heavy (non-hydrogen) atoms. The molecule has 0 saturated carbocycles. The summed E-state index contributed by atoms with van der Waals surface area (Å²) in [7, 11) is 3.83. The maximum absolute atomic E-state index is 12.8. The fourth-order valence-electron chi connectivity index (χ4n) is 2.30. The molecule has 0 heterocycles. The van der Waals surface area contributed by atoms with Crippen molar-refractivity contribution in [2.24, 2.45) is 0 Å². The predicted octanol–water partition coefficient (Wildman–Crippen LogP) is 3.55. The Balaban J connectivity index is 2.33. The number of nitrogens with zero attached hydrogens (tertiary/aromatic N) is 1. The van der Waals surface area contributed by atoms with E-state index in [0.717, 1.165) is 5.69 Å². The molecule has 2 aromatic rings. The van der Waals surface area contributed by atoms with E-state index in [-0.39, 0.29) is 23.6 Å². The molecule has 2 rings (SSSR count). The van der Waals surface area contributed by atoms with Gasteiger partial charge in [0.05, 0.1) is 12.1 Å². The standard InChI is InChI=1S/C19H19ClN2O3/c1-12(23)10-18(24)21-17-9-6-14(20)11-16(17)19(25)13-4-7-15(8-5-13)22(2)3/h4-9,11H,10H2,1-3H3,(H,21,24). The number of anilines is 2. The lowest BCUT2D eigenvalue weighted by atomic mass is 10.0. The van der Waals surface area contributed by atoms with Crippen LogP contribution in [0.3, 0.4) is 0 Å². The van der Waals surface area contributed by atoms with Gasteiger partial charge in [0.2, 0.25) is 5.91 Å². The maximum Gasteiger partial charge on any atom is 0.231 e. The minimum Gasteiger partial charge on any atom is -0.378 e. The largest absolute Gasteiger partial charge is 0.378 e. The third-order valence-electron chi connectivity index (χ3n) is 3.56. The number of Topliss-reactive ketones (excluding diaryl/α,β-unsaturated/α-hetero) is 1. The monoisotopic (exact) mass is 358 g/mol. The molecule has 0 aliphatic heterocycles. The molecule has 0 atom stereocenters. The Morgan fingerprint density at radius 3 is 2.24 bits per heavy atom. The van der Waals surface area contributed by atoms with Gasteiger partial charge in [-0.05, 0) is 49.4 Å². The van der Waals surface area contributed by atoms with Crippen LogP contribution in [0.15, 0.2) is 42.5 Å². The van der Waals surface area contributed by atoms with E-state index in [1.54, 1.807) is 24.3 Å². The summed E-state index contributed by atoms with van der Waals surface area (Å²) in [6.45, 7) is 1.33. The molecule has 0 bridgehead atoms. The Labute approximate surface area is 151 Å². The second-order valence-corrected chi connectivity index (χ2v) is 6.32. The molecule has 0 unspecified atom stereocenters. The quantitative estimate of drug-likeness (QED) is 0.633. The first kappa shape index (κ1) is 18.7.